The van der Waals surface area contributed by atoms with Gasteiger partial charge in [-0.3, -0.25) is 0 Å². The zero-order valence-corrected chi connectivity index (χ0v) is 14.7. The van der Waals surface area contributed by atoms with Crippen LogP contribution in [0.4, 0.5) is 15.9 Å². The quantitative estimate of drug-likeness (QED) is 0.644. The summed E-state index contributed by atoms with van der Waals surface area (Å²) in [6.45, 7) is 0. The van der Waals surface area contributed by atoms with Crippen LogP contribution in [0.2, 0.25) is 0 Å². The predicted molar refractivity (Wildman–Crippen MR) is 94.2 cm³/mol. The number of benzene rings is 1. The maximum atomic E-state index is 13.9. The molecule has 0 amide bonds. The topological polar surface area (TPSA) is 37.0 Å². The Hall–Kier alpha value is -0.640. The SMILES string of the molecule is CNc1cc(F)c(I)c(-c2cc(NC)ncc2I)c1. The van der Waals surface area contributed by atoms with Gasteiger partial charge in [0.05, 0.1) is 3.57 Å². The molecule has 0 unspecified atom stereocenters. The molecule has 6 heteroatoms. The van der Waals surface area contributed by atoms with E-state index in [0.717, 1.165) is 26.2 Å². The first-order valence-electron chi connectivity index (χ1n) is 5.57. The molecule has 0 aliphatic carbocycles. The minimum absolute atomic E-state index is 0.221. The van der Waals surface area contributed by atoms with Crippen molar-refractivity contribution >= 4 is 56.7 Å². The number of hydrogen-bond donors (Lipinski definition) is 2. The maximum absolute atomic E-state index is 13.9. The molecule has 2 N–H and O–H groups in total. The summed E-state index contributed by atoms with van der Waals surface area (Å²) >= 11 is 4.25. The number of nitrogens with one attached hydrogen (secondary N) is 2. The number of nitrogens with zero attached hydrogens (tertiary/aromatic N) is 1. The smallest absolute Gasteiger partial charge is 0.139 e. The van der Waals surface area contributed by atoms with Gasteiger partial charge >= 0.3 is 0 Å². The summed E-state index contributed by atoms with van der Waals surface area (Å²) in [7, 11) is 3.59. The Kier molecular flexibility index (Phi) is 4.82. The van der Waals surface area contributed by atoms with Gasteiger partial charge in [-0.15, -0.1) is 0 Å². The first kappa shape index (κ1) is 14.8. The Balaban J connectivity index is 2.67. The van der Waals surface area contributed by atoms with Gasteiger partial charge in [0.15, 0.2) is 0 Å². The van der Waals surface area contributed by atoms with E-state index in [2.05, 4.69) is 38.2 Å². The van der Waals surface area contributed by atoms with Crippen molar-refractivity contribution in [3.63, 3.8) is 0 Å². The van der Waals surface area contributed by atoms with Gasteiger partial charge in [-0.1, -0.05) is 0 Å². The largest absolute Gasteiger partial charge is 0.388 e. The van der Waals surface area contributed by atoms with Crippen LogP contribution in [0.3, 0.4) is 0 Å². The molecule has 0 aliphatic heterocycles. The molecule has 100 valence electrons. The average molecular weight is 483 g/mol. The molecule has 1 aromatic carbocycles. The molecule has 0 aliphatic rings. The second kappa shape index (κ2) is 6.21. The lowest BCUT2D eigenvalue weighted by Crippen LogP contribution is -1.98. The Morgan fingerprint density at radius 1 is 1.05 bits per heavy atom. The van der Waals surface area contributed by atoms with Crippen LogP contribution in [0, 0.1) is 13.0 Å². The fourth-order valence-electron chi connectivity index (χ4n) is 1.71. The van der Waals surface area contributed by atoms with E-state index in [1.807, 2.05) is 41.8 Å². The first-order valence-corrected chi connectivity index (χ1v) is 7.73. The first-order chi connectivity index (χ1) is 9.06. The highest BCUT2D eigenvalue weighted by atomic mass is 127. The molecule has 2 aromatic rings. The third-order valence-corrected chi connectivity index (χ3v) is 4.67. The van der Waals surface area contributed by atoms with Crippen molar-refractivity contribution in [3.8, 4) is 11.1 Å². The zero-order valence-electron chi connectivity index (χ0n) is 10.4. The lowest BCUT2D eigenvalue weighted by molar-refractivity contribution is 0.621. The van der Waals surface area contributed by atoms with E-state index in [1.54, 1.807) is 13.2 Å². The minimum Gasteiger partial charge on any atom is -0.388 e. The molecule has 0 bridgehead atoms. The number of pyridine rings is 1. The second-order valence-electron chi connectivity index (χ2n) is 3.87. The molecular formula is C13H12FI2N3. The summed E-state index contributed by atoms with van der Waals surface area (Å²) in [5.74, 6) is 0.544. The normalized spacial score (nSPS) is 10.4. The molecular weight excluding hydrogens is 471 g/mol. The number of anilines is 2. The summed E-state index contributed by atoms with van der Waals surface area (Å²) in [6.07, 6.45) is 1.78. The van der Waals surface area contributed by atoms with E-state index in [-0.39, 0.29) is 5.82 Å². The number of rotatable bonds is 3. The molecule has 0 fully saturated rings. The molecule has 0 radical (unpaired) electrons. The number of aromatic nitrogens is 1. The summed E-state index contributed by atoms with van der Waals surface area (Å²) in [5, 5.41) is 5.98. The lowest BCUT2D eigenvalue weighted by atomic mass is 10.1. The molecule has 0 spiro atoms. The Morgan fingerprint density at radius 3 is 2.42 bits per heavy atom. The van der Waals surface area contributed by atoms with Crippen molar-refractivity contribution in [2.75, 3.05) is 24.7 Å². The Morgan fingerprint density at radius 2 is 1.79 bits per heavy atom. The van der Waals surface area contributed by atoms with Crippen LogP contribution in [-0.4, -0.2) is 19.1 Å². The fourth-order valence-corrected chi connectivity index (χ4v) is 2.90. The van der Waals surface area contributed by atoms with Gasteiger partial charge in [0, 0.05) is 40.7 Å². The van der Waals surface area contributed by atoms with E-state index in [0.29, 0.717) is 3.57 Å². The van der Waals surface area contributed by atoms with Crippen molar-refractivity contribution in [3.05, 3.63) is 37.4 Å². The zero-order chi connectivity index (χ0) is 14.0. The molecule has 1 heterocycles. The van der Waals surface area contributed by atoms with Crippen LogP contribution in [0.25, 0.3) is 11.1 Å². The third kappa shape index (κ3) is 3.10. The molecule has 0 atom stereocenters. The van der Waals surface area contributed by atoms with E-state index >= 15 is 0 Å². The molecule has 0 saturated heterocycles. The highest BCUT2D eigenvalue weighted by Gasteiger charge is 2.13. The number of halogens is 3. The van der Waals surface area contributed by atoms with Crippen LogP contribution < -0.4 is 10.6 Å². The van der Waals surface area contributed by atoms with Crippen molar-refractivity contribution in [2.24, 2.45) is 0 Å². The van der Waals surface area contributed by atoms with Gasteiger partial charge < -0.3 is 10.6 Å². The van der Waals surface area contributed by atoms with Crippen molar-refractivity contribution in [2.45, 2.75) is 0 Å². The molecule has 3 nitrogen and oxygen atoms in total. The molecule has 0 saturated carbocycles. The van der Waals surface area contributed by atoms with E-state index in [9.17, 15) is 4.39 Å². The summed E-state index contributed by atoms with van der Waals surface area (Å²) < 4.78 is 15.5. The molecule has 19 heavy (non-hydrogen) atoms. The van der Waals surface area contributed by atoms with Crippen molar-refractivity contribution in [1.82, 2.24) is 4.98 Å². The van der Waals surface area contributed by atoms with Crippen LogP contribution >= 0.6 is 45.2 Å². The van der Waals surface area contributed by atoms with Gasteiger partial charge in [0.25, 0.3) is 0 Å². The Bertz CT molecular complexity index is 617. The average Bonchev–Trinajstić information content (AvgIpc) is 2.42. The van der Waals surface area contributed by atoms with Crippen LogP contribution in [0.5, 0.6) is 0 Å². The van der Waals surface area contributed by atoms with Gasteiger partial charge in [0.2, 0.25) is 0 Å². The van der Waals surface area contributed by atoms with Crippen LogP contribution in [-0.2, 0) is 0 Å². The summed E-state index contributed by atoms with van der Waals surface area (Å²) in [4.78, 5) is 4.25. The van der Waals surface area contributed by atoms with Gasteiger partial charge in [-0.2, -0.15) is 0 Å². The van der Waals surface area contributed by atoms with E-state index in [1.165, 1.54) is 6.07 Å². The summed E-state index contributed by atoms with van der Waals surface area (Å²) in [5.41, 5.74) is 2.60. The van der Waals surface area contributed by atoms with Gasteiger partial charge in [-0.25, -0.2) is 9.37 Å². The monoisotopic (exact) mass is 483 g/mol. The minimum atomic E-state index is -0.221. The third-order valence-electron chi connectivity index (χ3n) is 2.72. The highest BCUT2D eigenvalue weighted by molar-refractivity contribution is 14.1. The van der Waals surface area contributed by atoms with Gasteiger partial charge in [-0.05, 0) is 63.4 Å². The van der Waals surface area contributed by atoms with Crippen LogP contribution in [0.15, 0.2) is 24.4 Å². The standard InChI is InChI=1S/C13H12FI2N3/c1-17-7-3-9(13(16)10(14)4-7)8-5-12(18-2)19-6-11(8)15/h3-6,17H,1-2H3,(H,18,19). The fraction of sp³-hybridized carbons (Fsp3) is 0.154. The van der Waals surface area contributed by atoms with Gasteiger partial charge in [0.1, 0.15) is 11.6 Å². The van der Waals surface area contributed by atoms with Crippen molar-refractivity contribution < 1.29 is 4.39 Å². The lowest BCUT2D eigenvalue weighted by Gasteiger charge is -2.12. The van der Waals surface area contributed by atoms with Crippen LogP contribution in [0.1, 0.15) is 0 Å². The van der Waals surface area contributed by atoms with Crippen molar-refractivity contribution in [1.29, 1.82) is 0 Å². The molecule has 1 aromatic heterocycles. The number of hydrogen-bond acceptors (Lipinski definition) is 3. The van der Waals surface area contributed by atoms with E-state index in [4.69, 9.17) is 0 Å². The molecule has 2 rings (SSSR count). The predicted octanol–water partition coefficient (Wildman–Crippen LogP) is 4.18. The second-order valence-corrected chi connectivity index (χ2v) is 6.11. The maximum Gasteiger partial charge on any atom is 0.139 e. The Labute approximate surface area is 138 Å². The highest BCUT2D eigenvalue weighted by Crippen LogP contribution is 2.34. The summed E-state index contributed by atoms with van der Waals surface area (Å²) in [6, 6.07) is 5.37. The van der Waals surface area contributed by atoms with E-state index < -0.39 is 0 Å².